The molecule has 1 N–H and O–H groups in total. The molecular formula is C10H25NOSi. The van der Waals surface area contributed by atoms with E-state index in [-0.39, 0.29) is 5.04 Å². The van der Waals surface area contributed by atoms with Crippen LogP contribution in [-0.2, 0) is 4.43 Å². The van der Waals surface area contributed by atoms with Gasteiger partial charge in [0.15, 0.2) is 0 Å². The van der Waals surface area contributed by atoms with Crippen LogP contribution in [0.3, 0.4) is 0 Å². The first-order valence-corrected chi connectivity index (χ1v) is 7.58. The maximum atomic E-state index is 5.68. The molecule has 3 heteroatoms. The second-order valence-corrected chi connectivity index (χ2v) is 9.10. The zero-order chi connectivity index (χ0) is 10.5. The van der Waals surface area contributed by atoms with Gasteiger partial charge in [-0.3, -0.25) is 0 Å². The summed E-state index contributed by atoms with van der Waals surface area (Å²) >= 11 is 0. The minimum Gasteiger partial charge on any atom is -0.406 e. The van der Waals surface area contributed by atoms with E-state index in [1.54, 1.807) is 0 Å². The van der Waals surface area contributed by atoms with Crippen LogP contribution in [0.25, 0.3) is 0 Å². The van der Waals surface area contributed by atoms with Gasteiger partial charge in [0, 0.05) is 7.11 Å². The fourth-order valence-corrected chi connectivity index (χ4v) is 3.09. The molecule has 2 nitrogen and oxygen atoms in total. The quantitative estimate of drug-likeness (QED) is 0.548. The molecule has 0 heterocycles. The normalized spacial score (nSPS) is 17.1. The number of unbranched alkanes of at least 4 members (excludes halogenated alkanes) is 1. The standard InChI is InChI=1S/C10H25NOSi/c1-7-8-9-11-13(6,12-5)10(2,3)4/h11H,7-9H2,1-6H3. The third-order valence-corrected chi connectivity index (χ3v) is 7.44. The van der Waals surface area contributed by atoms with E-state index >= 15 is 0 Å². The van der Waals surface area contributed by atoms with Crippen LogP contribution < -0.4 is 4.98 Å². The van der Waals surface area contributed by atoms with Crippen molar-refractivity contribution in [2.75, 3.05) is 13.7 Å². The summed E-state index contributed by atoms with van der Waals surface area (Å²) in [6.45, 7) is 12.3. The lowest BCUT2D eigenvalue weighted by Crippen LogP contribution is -2.57. The highest BCUT2D eigenvalue weighted by atomic mass is 28.4. The first-order valence-electron chi connectivity index (χ1n) is 5.17. The fraction of sp³-hybridized carbons (Fsp3) is 1.00. The van der Waals surface area contributed by atoms with Crippen molar-refractivity contribution in [2.45, 2.75) is 52.1 Å². The van der Waals surface area contributed by atoms with Gasteiger partial charge in [-0.1, -0.05) is 34.1 Å². The molecular weight excluding hydrogens is 178 g/mol. The van der Waals surface area contributed by atoms with Crippen LogP contribution in [0, 0.1) is 0 Å². The van der Waals surface area contributed by atoms with Gasteiger partial charge in [-0.25, -0.2) is 0 Å². The van der Waals surface area contributed by atoms with Crippen LogP contribution in [0.15, 0.2) is 0 Å². The molecule has 0 aliphatic heterocycles. The lowest BCUT2D eigenvalue weighted by Gasteiger charge is -2.38. The van der Waals surface area contributed by atoms with Gasteiger partial charge in [0.2, 0.25) is 0 Å². The second kappa shape index (κ2) is 5.13. The maximum Gasteiger partial charge on any atom is 0.270 e. The monoisotopic (exact) mass is 203 g/mol. The molecule has 0 saturated heterocycles. The third kappa shape index (κ3) is 3.79. The van der Waals surface area contributed by atoms with Crippen molar-refractivity contribution in [2.24, 2.45) is 0 Å². The van der Waals surface area contributed by atoms with Gasteiger partial charge in [0.1, 0.15) is 0 Å². The first-order chi connectivity index (χ1) is 5.87. The molecule has 1 unspecified atom stereocenters. The predicted octanol–water partition coefficient (Wildman–Crippen LogP) is 2.89. The van der Waals surface area contributed by atoms with Crippen molar-refractivity contribution in [3.63, 3.8) is 0 Å². The summed E-state index contributed by atoms with van der Waals surface area (Å²) < 4.78 is 5.68. The average Bonchev–Trinajstić information content (AvgIpc) is 2.02. The summed E-state index contributed by atoms with van der Waals surface area (Å²) in [6, 6.07) is 0. The second-order valence-electron chi connectivity index (χ2n) is 4.77. The highest BCUT2D eigenvalue weighted by Gasteiger charge is 2.41. The number of hydrogen-bond acceptors (Lipinski definition) is 2. The summed E-state index contributed by atoms with van der Waals surface area (Å²) in [4.78, 5) is 3.60. The molecule has 0 aromatic carbocycles. The van der Waals surface area contributed by atoms with E-state index in [0.717, 1.165) is 6.54 Å². The molecule has 0 aliphatic carbocycles. The highest BCUT2D eigenvalue weighted by Crippen LogP contribution is 2.34. The maximum absolute atomic E-state index is 5.68. The van der Waals surface area contributed by atoms with Crippen LogP contribution >= 0.6 is 0 Å². The molecule has 80 valence electrons. The van der Waals surface area contributed by atoms with Crippen molar-refractivity contribution in [3.8, 4) is 0 Å². The van der Waals surface area contributed by atoms with Gasteiger partial charge in [-0.2, -0.15) is 0 Å². The van der Waals surface area contributed by atoms with Crippen molar-refractivity contribution in [1.29, 1.82) is 0 Å². The highest BCUT2D eigenvalue weighted by molar-refractivity contribution is 6.72. The van der Waals surface area contributed by atoms with Crippen molar-refractivity contribution >= 4 is 8.48 Å². The molecule has 0 radical (unpaired) electrons. The summed E-state index contributed by atoms with van der Waals surface area (Å²) in [5.74, 6) is 0. The molecule has 0 fully saturated rings. The Bertz CT molecular complexity index is 144. The van der Waals surface area contributed by atoms with E-state index in [1.165, 1.54) is 12.8 Å². The largest absolute Gasteiger partial charge is 0.406 e. The molecule has 0 bridgehead atoms. The molecule has 0 aliphatic rings. The first kappa shape index (κ1) is 13.1. The molecule has 0 amide bonds. The van der Waals surface area contributed by atoms with E-state index in [4.69, 9.17) is 4.43 Å². The van der Waals surface area contributed by atoms with E-state index in [1.807, 2.05) is 7.11 Å². The Balaban J connectivity index is 4.13. The van der Waals surface area contributed by atoms with Crippen molar-refractivity contribution in [1.82, 2.24) is 4.98 Å². The zero-order valence-electron chi connectivity index (χ0n) is 10.0. The molecule has 13 heavy (non-hydrogen) atoms. The fourth-order valence-electron chi connectivity index (χ4n) is 1.15. The molecule has 1 atom stereocenters. The van der Waals surface area contributed by atoms with Crippen LogP contribution in [0.1, 0.15) is 40.5 Å². The lowest BCUT2D eigenvalue weighted by atomic mass is 10.2. The summed E-state index contributed by atoms with van der Waals surface area (Å²) in [6.07, 6.45) is 2.48. The Morgan fingerprint density at radius 3 is 2.15 bits per heavy atom. The molecule has 0 rings (SSSR count). The SMILES string of the molecule is CCCCN[Si](C)(OC)C(C)(C)C. The summed E-state index contributed by atoms with van der Waals surface area (Å²) in [7, 11) is 0.118. The van der Waals surface area contributed by atoms with E-state index in [9.17, 15) is 0 Å². The van der Waals surface area contributed by atoms with Crippen LogP contribution in [-0.4, -0.2) is 22.1 Å². The van der Waals surface area contributed by atoms with E-state index in [2.05, 4.69) is 39.2 Å². The Hall–Kier alpha value is 0.137. The van der Waals surface area contributed by atoms with Gasteiger partial charge in [-0.15, -0.1) is 0 Å². The smallest absolute Gasteiger partial charge is 0.270 e. The van der Waals surface area contributed by atoms with Gasteiger partial charge in [-0.05, 0) is 24.6 Å². The van der Waals surface area contributed by atoms with Gasteiger partial charge in [0.05, 0.1) is 0 Å². The predicted molar refractivity (Wildman–Crippen MR) is 61.3 cm³/mol. The van der Waals surface area contributed by atoms with Crippen LogP contribution in [0.4, 0.5) is 0 Å². The van der Waals surface area contributed by atoms with Crippen LogP contribution in [0.2, 0.25) is 11.6 Å². The van der Waals surface area contributed by atoms with E-state index in [0.29, 0.717) is 0 Å². The topological polar surface area (TPSA) is 21.3 Å². The summed E-state index contributed by atoms with van der Waals surface area (Å²) in [5, 5.41) is 0.259. The summed E-state index contributed by atoms with van der Waals surface area (Å²) in [5.41, 5.74) is 0. The molecule has 0 aromatic heterocycles. The Labute approximate surface area is 84.3 Å². The molecule has 0 aromatic rings. The Kier molecular flexibility index (Phi) is 5.18. The van der Waals surface area contributed by atoms with E-state index < -0.39 is 8.48 Å². The molecule has 0 spiro atoms. The number of rotatable bonds is 5. The third-order valence-electron chi connectivity index (χ3n) is 2.83. The number of nitrogens with one attached hydrogen (secondary N) is 1. The van der Waals surface area contributed by atoms with Gasteiger partial charge in [0.25, 0.3) is 8.48 Å². The zero-order valence-corrected chi connectivity index (χ0v) is 11.0. The molecule has 0 saturated carbocycles. The van der Waals surface area contributed by atoms with Crippen LogP contribution in [0.5, 0.6) is 0 Å². The van der Waals surface area contributed by atoms with Crippen molar-refractivity contribution < 1.29 is 4.43 Å². The van der Waals surface area contributed by atoms with Crippen molar-refractivity contribution in [3.05, 3.63) is 0 Å². The average molecular weight is 203 g/mol. The Morgan fingerprint density at radius 1 is 1.31 bits per heavy atom. The van der Waals surface area contributed by atoms with Gasteiger partial charge >= 0.3 is 0 Å². The lowest BCUT2D eigenvalue weighted by molar-refractivity contribution is 0.350. The number of hydrogen-bond donors (Lipinski definition) is 1. The minimum absolute atomic E-state index is 0.259. The Morgan fingerprint density at radius 2 is 1.85 bits per heavy atom. The minimum atomic E-state index is -1.71. The van der Waals surface area contributed by atoms with Gasteiger partial charge < -0.3 is 9.41 Å².